The van der Waals surface area contributed by atoms with Crippen molar-refractivity contribution in [2.45, 2.75) is 19.9 Å². The van der Waals surface area contributed by atoms with Crippen molar-refractivity contribution < 1.29 is 14.0 Å². The molecule has 0 aliphatic carbocycles. The van der Waals surface area contributed by atoms with Crippen LogP contribution in [0.4, 0.5) is 4.39 Å². The normalized spacial score (nSPS) is 12.1. The zero-order chi connectivity index (χ0) is 16.7. The van der Waals surface area contributed by atoms with Gasteiger partial charge in [0.05, 0.1) is 13.1 Å². The number of hydrogen-bond donors (Lipinski definition) is 2. The van der Waals surface area contributed by atoms with E-state index in [0.29, 0.717) is 0 Å². The molecule has 2 amide bonds. The predicted octanol–water partition coefficient (Wildman–Crippen LogP) is 1.32. The second-order valence-electron chi connectivity index (χ2n) is 5.72. The lowest BCUT2D eigenvalue weighted by molar-refractivity contribution is -0.130. The minimum absolute atomic E-state index is 0.0175. The molecule has 1 atom stereocenters. The van der Waals surface area contributed by atoms with Gasteiger partial charge in [0.1, 0.15) is 5.82 Å². The summed E-state index contributed by atoms with van der Waals surface area (Å²) in [5.74, 6) is -0.455. The van der Waals surface area contributed by atoms with E-state index in [1.165, 1.54) is 17.0 Å². The van der Waals surface area contributed by atoms with Crippen LogP contribution in [0.2, 0.25) is 0 Å². The number of likely N-dealkylation sites (N-methyl/N-ethyl adjacent to an activating group) is 1. The fourth-order valence-corrected chi connectivity index (χ4v) is 2.01. The second-order valence-corrected chi connectivity index (χ2v) is 5.72. The highest BCUT2D eigenvalue weighted by molar-refractivity contribution is 5.85. The summed E-state index contributed by atoms with van der Waals surface area (Å²) in [6.45, 7) is 4.13. The summed E-state index contributed by atoms with van der Waals surface area (Å²) < 4.78 is 13.0. The maximum absolute atomic E-state index is 13.0. The Bertz CT molecular complexity index is 501. The van der Waals surface area contributed by atoms with Gasteiger partial charge < -0.3 is 15.5 Å². The van der Waals surface area contributed by atoms with Crippen molar-refractivity contribution in [2.24, 2.45) is 5.92 Å². The van der Waals surface area contributed by atoms with Gasteiger partial charge in [-0.15, -0.1) is 0 Å². The summed E-state index contributed by atoms with van der Waals surface area (Å²) in [6, 6.07) is 6.17. The Labute approximate surface area is 130 Å². The van der Waals surface area contributed by atoms with Gasteiger partial charge >= 0.3 is 0 Å². The number of halogens is 1. The summed E-state index contributed by atoms with van der Waals surface area (Å²) in [6.07, 6.45) is 0. The summed E-state index contributed by atoms with van der Waals surface area (Å²) >= 11 is 0. The third kappa shape index (κ3) is 5.81. The van der Waals surface area contributed by atoms with Crippen LogP contribution in [0.3, 0.4) is 0 Å². The van der Waals surface area contributed by atoms with E-state index in [9.17, 15) is 14.0 Å². The molecule has 1 aromatic rings. The van der Waals surface area contributed by atoms with Crippen LogP contribution in [0.5, 0.6) is 0 Å². The van der Waals surface area contributed by atoms with E-state index >= 15 is 0 Å². The molecule has 0 radical (unpaired) electrons. The van der Waals surface area contributed by atoms with Gasteiger partial charge in [-0.1, -0.05) is 26.0 Å². The molecule has 0 heterocycles. The molecule has 1 aromatic carbocycles. The van der Waals surface area contributed by atoms with Gasteiger partial charge in [0.25, 0.3) is 0 Å². The van der Waals surface area contributed by atoms with Crippen LogP contribution in [0.25, 0.3) is 0 Å². The number of hydrogen-bond acceptors (Lipinski definition) is 3. The van der Waals surface area contributed by atoms with Crippen LogP contribution in [-0.2, 0) is 9.59 Å². The summed E-state index contributed by atoms with van der Waals surface area (Å²) in [7, 11) is 3.27. The van der Waals surface area contributed by atoms with Gasteiger partial charge in [-0.25, -0.2) is 4.39 Å². The molecule has 0 aromatic heterocycles. The van der Waals surface area contributed by atoms with Crippen molar-refractivity contribution in [2.75, 3.05) is 27.2 Å². The van der Waals surface area contributed by atoms with E-state index in [0.717, 1.165) is 5.56 Å². The van der Waals surface area contributed by atoms with Crippen LogP contribution < -0.4 is 10.6 Å². The SMILES string of the molecule is CC(C)[C@H](NCC(=O)NCC(=O)N(C)C)c1ccc(F)cc1. The number of amides is 2. The third-order valence-corrected chi connectivity index (χ3v) is 3.31. The van der Waals surface area contributed by atoms with E-state index in [1.54, 1.807) is 26.2 Å². The molecule has 0 aliphatic rings. The Morgan fingerprint density at radius 3 is 2.23 bits per heavy atom. The first-order valence-corrected chi connectivity index (χ1v) is 7.27. The Morgan fingerprint density at radius 1 is 1.14 bits per heavy atom. The molecule has 1 rings (SSSR count). The predicted molar refractivity (Wildman–Crippen MR) is 83.7 cm³/mol. The van der Waals surface area contributed by atoms with Crippen LogP contribution in [0.1, 0.15) is 25.5 Å². The molecule has 5 nitrogen and oxygen atoms in total. The number of carbonyl (C=O) groups excluding carboxylic acids is 2. The van der Waals surface area contributed by atoms with Crippen LogP contribution >= 0.6 is 0 Å². The van der Waals surface area contributed by atoms with Gasteiger partial charge in [-0.2, -0.15) is 0 Å². The Kier molecular flexibility index (Phi) is 6.98. The highest BCUT2D eigenvalue weighted by atomic mass is 19.1. The first kappa shape index (κ1) is 18.1. The van der Waals surface area contributed by atoms with E-state index < -0.39 is 0 Å². The molecular weight excluding hydrogens is 285 g/mol. The zero-order valence-corrected chi connectivity index (χ0v) is 13.5. The number of rotatable bonds is 7. The van der Waals surface area contributed by atoms with E-state index in [-0.39, 0.29) is 42.7 Å². The van der Waals surface area contributed by atoms with Crippen molar-refractivity contribution in [1.82, 2.24) is 15.5 Å². The average molecular weight is 309 g/mol. The smallest absolute Gasteiger partial charge is 0.241 e. The summed E-state index contributed by atoms with van der Waals surface area (Å²) in [4.78, 5) is 24.6. The Morgan fingerprint density at radius 2 is 1.73 bits per heavy atom. The molecule has 0 bridgehead atoms. The third-order valence-electron chi connectivity index (χ3n) is 3.31. The van der Waals surface area contributed by atoms with E-state index in [2.05, 4.69) is 10.6 Å². The molecule has 0 saturated carbocycles. The number of carbonyl (C=O) groups is 2. The first-order valence-electron chi connectivity index (χ1n) is 7.27. The van der Waals surface area contributed by atoms with Crippen molar-refractivity contribution >= 4 is 11.8 Å². The molecule has 0 aliphatic heterocycles. The molecule has 122 valence electrons. The molecule has 0 unspecified atom stereocenters. The largest absolute Gasteiger partial charge is 0.347 e. The van der Waals surface area contributed by atoms with Crippen LogP contribution in [-0.4, -0.2) is 43.9 Å². The molecule has 0 spiro atoms. The van der Waals surface area contributed by atoms with Gasteiger partial charge in [0.2, 0.25) is 11.8 Å². The molecule has 6 heteroatoms. The topological polar surface area (TPSA) is 61.4 Å². The molecule has 22 heavy (non-hydrogen) atoms. The lowest BCUT2D eigenvalue weighted by Gasteiger charge is -2.23. The fraction of sp³-hybridized carbons (Fsp3) is 0.500. The Hall–Kier alpha value is -1.95. The maximum Gasteiger partial charge on any atom is 0.241 e. The minimum atomic E-state index is -0.286. The number of nitrogens with zero attached hydrogens (tertiary/aromatic N) is 1. The summed E-state index contributed by atoms with van der Waals surface area (Å²) in [5.41, 5.74) is 0.925. The van der Waals surface area contributed by atoms with Crippen LogP contribution in [0, 0.1) is 11.7 Å². The average Bonchev–Trinajstić information content (AvgIpc) is 2.46. The van der Waals surface area contributed by atoms with Crippen molar-refractivity contribution in [3.05, 3.63) is 35.6 Å². The lowest BCUT2D eigenvalue weighted by Crippen LogP contribution is -2.41. The molecule has 2 N–H and O–H groups in total. The molecule has 0 fully saturated rings. The quantitative estimate of drug-likeness (QED) is 0.798. The Balaban J connectivity index is 2.53. The van der Waals surface area contributed by atoms with Gasteiger partial charge in [0, 0.05) is 20.1 Å². The monoisotopic (exact) mass is 309 g/mol. The van der Waals surface area contributed by atoms with E-state index in [4.69, 9.17) is 0 Å². The van der Waals surface area contributed by atoms with Gasteiger partial charge in [-0.05, 0) is 23.6 Å². The summed E-state index contributed by atoms with van der Waals surface area (Å²) in [5, 5.41) is 5.71. The van der Waals surface area contributed by atoms with Crippen molar-refractivity contribution in [3.63, 3.8) is 0 Å². The fourth-order valence-electron chi connectivity index (χ4n) is 2.01. The molecule has 0 saturated heterocycles. The standard InChI is InChI=1S/C16H24FN3O2/c1-11(2)16(12-5-7-13(17)8-6-12)19-9-14(21)18-10-15(22)20(3)4/h5-8,11,16,19H,9-10H2,1-4H3,(H,18,21)/t16-/m0/s1. The highest BCUT2D eigenvalue weighted by Crippen LogP contribution is 2.21. The first-order chi connectivity index (χ1) is 10.3. The maximum atomic E-state index is 13.0. The number of nitrogens with one attached hydrogen (secondary N) is 2. The molecular formula is C16H24FN3O2. The van der Waals surface area contributed by atoms with Crippen LogP contribution in [0.15, 0.2) is 24.3 Å². The number of benzene rings is 1. The second kappa shape index (κ2) is 8.48. The van der Waals surface area contributed by atoms with E-state index in [1.807, 2.05) is 13.8 Å². The lowest BCUT2D eigenvalue weighted by atomic mass is 9.96. The van der Waals surface area contributed by atoms with Crippen molar-refractivity contribution in [1.29, 1.82) is 0 Å². The minimum Gasteiger partial charge on any atom is -0.347 e. The highest BCUT2D eigenvalue weighted by Gasteiger charge is 2.17. The van der Waals surface area contributed by atoms with Gasteiger partial charge in [0.15, 0.2) is 0 Å². The zero-order valence-electron chi connectivity index (χ0n) is 13.5. The van der Waals surface area contributed by atoms with Crippen molar-refractivity contribution in [3.8, 4) is 0 Å². The van der Waals surface area contributed by atoms with Gasteiger partial charge in [-0.3, -0.25) is 9.59 Å².